The molecule has 0 aliphatic carbocycles. The van der Waals surface area contributed by atoms with Gasteiger partial charge in [-0.05, 0) is 61.5 Å². The van der Waals surface area contributed by atoms with Gasteiger partial charge in [-0.25, -0.2) is 4.98 Å². The number of nitrogens with zero attached hydrogens (tertiary/aromatic N) is 3. The van der Waals surface area contributed by atoms with E-state index in [0.29, 0.717) is 22.8 Å². The minimum atomic E-state index is -0.417. The fourth-order valence-electron chi connectivity index (χ4n) is 3.62. The van der Waals surface area contributed by atoms with E-state index in [1.165, 1.54) is 15.9 Å². The number of benzene rings is 2. The Morgan fingerprint density at radius 2 is 1.76 bits per heavy atom. The average Bonchev–Trinajstić information content (AvgIpc) is 2.92. The number of anilines is 4. The number of carbonyl (C=O) groups is 3. The van der Waals surface area contributed by atoms with Crippen LogP contribution in [0, 0.1) is 5.41 Å². The maximum Gasteiger partial charge on any atom is 0.307 e. The predicted octanol–water partition coefficient (Wildman–Crippen LogP) is 2.62. The molecule has 3 aromatic rings. The summed E-state index contributed by atoms with van der Waals surface area (Å²) in [6, 6.07) is 16.7. The number of carbonyl (C=O) groups excluding carboxylic acids is 3. The molecule has 0 bridgehead atoms. The third-order valence-electron chi connectivity index (χ3n) is 5.67. The molecule has 198 valence electrons. The van der Waals surface area contributed by atoms with E-state index in [4.69, 9.17) is 21.6 Å². The van der Waals surface area contributed by atoms with Gasteiger partial charge in [-0.1, -0.05) is 6.07 Å². The smallest absolute Gasteiger partial charge is 0.307 e. The number of pyridine rings is 1. The van der Waals surface area contributed by atoms with Crippen LogP contribution in [-0.2, 0) is 14.3 Å². The Bertz CT molecular complexity index is 1300. The largest absolute Gasteiger partial charge is 0.466 e. The van der Waals surface area contributed by atoms with Gasteiger partial charge in [0.15, 0.2) is 0 Å². The summed E-state index contributed by atoms with van der Waals surface area (Å²) in [5.74, 6) is -0.711. The van der Waals surface area contributed by atoms with Gasteiger partial charge in [0.05, 0.1) is 30.9 Å². The molecule has 1 aromatic heterocycles. The van der Waals surface area contributed by atoms with Gasteiger partial charge < -0.3 is 26.4 Å². The van der Waals surface area contributed by atoms with Crippen LogP contribution in [0.3, 0.4) is 0 Å². The van der Waals surface area contributed by atoms with Crippen molar-refractivity contribution >= 4 is 46.5 Å². The van der Waals surface area contributed by atoms with E-state index in [0.717, 1.165) is 0 Å². The van der Waals surface area contributed by atoms with Crippen LogP contribution in [0.25, 0.3) is 0 Å². The molecule has 2 aromatic carbocycles. The van der Waals surface area contributed by atoms with Gasteiger partial charge in [0.1, 0.15) is 11.7 Å². The summed E-state index contributed by atoms with van der Waals surface area (Å²) in [5, 5.41) is 10.5. The monoisotopic (exact) mass is 517 g/mol. The molecule has 0 aliphatic heterocycles. The number of aromatic nitrogens is 1. The summed E-state index contributed by atoms with van der Waals surface area (Å²) in [7, 11) is 1.59. The third kappa shape index (κ3) is 7.06. The Labute approximate surface area is 220 Å². The van der Waals surface area contributed by atoms with Gasteiger partial charge in [0, 0.05) is 36.6 Å². The van der Waals surface area contributed by atoms with Crippen LogP contribution >= 0.6 is 0 Å². The van der Waals surface area contributed by atoms with Gasteiger partial charge in [0.2, 0.25) is 5.91 Å². The fourth-order valence-corrected chi connectivity index (χ4v) is 3.62. The molecule has 38 heavy (non-hydrogen) atoms. The number of amidine groups is 1. The minimum Gasteiger partial charge on any atom is -0.466 e. The summed E-state index contributed by atoms with van der Waals surface area (Å²) in [6.07, 6.45) is 1.56. The van der Waals surface area contributed by atoms with Crippen molar-refractivity contribution in [2.24, 2.45) is 5.73 Å². The van der Waals surface area contributed by atoms with Crippen LogP contribution in [0.15, 0.2) is 66.9 Å². The SMILES string of the molecule is CCOC(=O)CCN(C(=O)c1ccc(N(C)C(=O)CNc2ccc(C(=N)N)cc2)c(N)c1)c1ccccn1. The van der Waals surface area contributed by atoms with E-state index in [1.54, 1.807) is 74.8 Å². The molecule has 0 saturated carbocycles. The molecule has 11 heteroatoms. The highest BCUT2D eigenvalue weighted by Crippen LogP contribution is 2.25. The van der Waals surface area contributed by atoms with Crippen molar-refractivity contribution in [1.29, 1.82) is 5.41 Å². The summed E-state index contributed by atoms with van der Waals surface area (Å²) >= 11 is 0. The molecule has 1 heterocycles. The first-order valence-corrected chi connectivity index (χ1v) is 11.9. The van der Waals surface area contributed by atoms with E-state index >= 15 is 0 Å². The van der Waals surface area contributed by atoms with Crippen LogP contribution in [0.2, 0.25) is 0 Å². The lowest BCUT2D eigenvalue weighted by Gasteiger charge is -2.23. The quantitative estimate of drug-likeness (QED) is 0.130. The summed E-state index contributed by atoms with van der Waals surface area (Å²) in [6.45, 7) is 2.04. The van der Waals surface area contributed by atoms with Gasteiger partial charge in [0.25, 0.3) is 5.91 Å². The zero-order valence-electron chi connectivity index (χ0n) is 21.3. The van der Waals surface area contributed by atoms with E-state index in [-0.39, 0.29) is 49.1 Å². The zero-order valence-corrected chi connectivity index (χ0v) is 21.3. The minimum absolute atomic E-state index is 0.00262. The van der Waals surface area contributed by atoms with Crippen LogP contribution in [0.1, 0.15) is 29.3 Å². The molecule has 0 saturated heterocycles. The standard InChI is InChI=1S/C27H31N7O4/c1-3-38-25(36)13-15-34(23-6-4-5-14-31-23)27(37)19-9-12-22(21(28)16-19)33(2)24(35)17-32-20-10-7-18(8-11-20)26(29)30/h4-12,14,16,32H,3,13,15,17,28H2,1-2H3,(H3,29,30). The van der Waals surface area contributed by atoms with Crippen LogP contribution in [-0.4, -0.2) is 55.3 Å². The van der Waals surface area contributed by atoms with Gasteiger partial charge >= 0.3 is 5.97 Å². The molecule has 0 unspecified atom stereocenters. The number of hydrogen-bond donors (Lipinski definition) is 4. The number of hydrogen-bond acceptors (Lipinski definition) is 8. The number of nitrogens with one attached hydrogen (secondary N) is 2. The normalized spacial score (nSPS) is 10.4. The summed E-state index contributed by atoms with van der Waals surface area (Å²) in [4.78, 5) is 45.1. The summed E-state index contributed by atoms with van der Waals surface area (Å²) < 4.78 is 4.99. The molecule has 0 fully saturated rings. The van der Waals surface area contributed by atoms with Crippen molar-refractivity contribution in [3.05, 3.63) is 78.0 Å². The number of nitrogens with two attached hydrogens (primary N) is 2. The highest BCUT2D eigenvalue weighted by atomic mass is 16.5. The van der Waals surface area contributed by atoms with Gasteiger partial charge in [-0.2, -0.15) is 0 Å². The Morgan fingerprint density at radius 3 is 2.37 bits per heavy atom. The number of amides is 2. The average molecular weight is 518 g/mol. The predicted molar refractivity (Wildman–Crippen MR) is 147 cm³/mol. The van der Waals surface area contributed by atoms with Gasteiger partial charge in [-0.15, -0.1) is 0 Å². The molecule has 6 N–H and O–H groups in total. The number of rotatable bonds is 11. The van der Waals surface area contributed by atoms with E-state index in [1.807, 2.05) is 0 Å². The lowest BCUT2D eigenvalue weighted by atomic mass is 10.1. The highest BCUT2D eigenvalue weighted by molar-refractivity contribution is 6.07. The molecule has 0 spiro atoms. The molecule has 0 aliphatic rings. The fraction of sp³-hybridized carbons (Fsp3) is 0.222. The molecule has 11 nitrogen and oxygen atoms in total. The van der Waals surface area contributed by atoms with Crippen molar-refractivity contribution in [1.82, 2.24) is 4.98 Å². The van der Waals surface area contributed by atoms with Crippen molar-refractivity contribution < 1.29 is 19.1 Å². The second-order valence-electron chi connectivity index (χ2n) is 8.27. The second-order valence-corrected chi connectivity index (χ2v) is 8.27. The Hall–Kier alpha value is -4.93. The van der Waals surface area contributed by atoms with E-state index in [2.05, 4.69) is 10.3 Å². The van der Waals surface area contributed by atoms with Crippen molar-refractivity contribution in [2.45, 2.75) is 13.3 Å². The molecular weight excluding hydrogens is 486 g/mol. The zero-order chi connectivity index (χ0) is 27.7. The van der Waals surface area contributed by atoms with E-state index < -0.39 is 11.9 Å². The lowest BCUT2D eigenvalue weighted by Crippen LogP contribution is -2.34. The third-order valence-corrected chi connectivity index (χ3v) is 5.67. The maximum absolute atomic E-state index is 13.4. The molecular formula is C27H31N7O4. The highest BCUT2D eigenvalue weighted by Gasteiger charge is 2.22. The van der Waals surface area contributed by atoms with Crippen molar-refractivity contribution in [2.75, 3.05) is 47.6 Å². The van der Waals surface area contributed by atoms with Crippen molar-refractivity contribution in [3.63, 3.8) is 0 Å². The van der Waals surface area contributed by atoms with Crippen LogP contribution in [0.4, 0.5) is 22.9 Å². The Balaban J connectivity index is 1.71. The first-order chi connectivity index (χ1) is 18.2. The van der Waals surface area contributed by atoms with Crippen LogP contribution in [0.5, 0.6) is 0 Å². The second kappa shape index (κ2) is 12.9. The van der Waals surface area contributed by atoms with E-state index in [9.17, 15) is 14.4 Å². The molecule has 0 atom stereocenters. The van der Waals surface area contributed by atoms with Crippen molar-refractivity contribution in [3.8, 4) is 0 Å². The number of esters is 1. The molecule has 2 amide bonds. The maximum atomic E-state index is 13.4. The summed E-state index contributed by atoms with van der Waals surface area (Å²) in [5.41, 5.74) is 14.0. The Kier molecular flexibility index (Phi) is 9.36. The molecule has 0 radical (unpaired) electrons. The topological polar surface area (TPSA) is 168 Å². The molecule has 3 rings (SSSR count). The Morgan fingerprint density at radius 1 is 1.05 bits per heavy atom. The van der Waals surface area contributed by atoms with Crippen LogP contribution < -0.4 is 26.6 Å². The first-order valence-electron chi connectivity index (χ1n) is 11.9. The number of nitrogen functional groups attached to an aromatic ring is 2. The number of likely N-dealkylation sites (N-methyl/N-ethyl adjacent to an activating group) is 1. The number of ether oxygens (including phenoxy) is 1. The first kappa shape index (κ1) is 27.7. The van der Waals surface area contributed by atoms with Gasteiger partial charge in [-0.3, -0.25) is 24.7 Å². The lowest BCUT2D eigenvalue weighted by molar-refractivity contribution is -0.142.